The first-order valence-corrected chi connectivity index (χ1v) is 5.15. The molecule has 1 aromatic carbocycles. The molecule has 0 aliphatic heterocycles. The van der Waals surface area contributed by atoms with Gasteiger partial charge in [0.2, 0.25) is 0 Å². The summed E-state index contributed by atoms with van der Waals surface area (Å²) in [6, 6.07) is 5.92. The van der Waals surface area contributed by atoms with E-state index in [1.54, 1.807) is 12.1 Å². The SMILES string of the molecule is CCC(CC)C(=O)Oc1ccccc1F. The number of ether oxygens (including phenoxy) is 1. The molecule has 0 radical (unpaired) electrons. The van der Waals surface area contributed by atoms with Crippen LogP contribution in [-0.2, 0) is 4.79 Å². The Kier molecular flexibility index (Phi) is 4.28. The first kappa shape index (κ1) is 11.7. The van der Waals surface area contributed by atoms with Crippen molar-refractivity contribution >= 4 is 5.97 Å². The van der Waals surface area contributed by atoms with E-state index in [4.69, 9.17) is 4.74 Å². The molecule has 0 unspecified atom stereocenters. The van der Waals surface area contributed by atoms with Crippen molar-refractivity contribution < 1.29 is 13.9 Å². The zero-order chi connectivity index (χ0) is 11.3. The molecule has 0 spiro atoms. The second kappa shape index (κ2) is 5.49. The molecule has 2 nitrogen and oxygen atoms in total. The van der Waals surface area contributed by atoms with Gasteiger partial charge >= 0.3 is 5.97 Å². The summed E-state index contributed by atoms with van der Waals surface area (Å²) in [7, 11) is 0. The van der Waals surface area contributed by atoms with Crippen LogP contribution in [0.2, 0.25) is 0 Å². The highest BCUT2D eigenvalue weighted by Gasteiger charge is 2.17. The average Bonchev–Trinajstić information content (AvgIpc) is 2.23. The number of esters is 1. The van der Waals surface area contributed by atoms with E-state index in [0.29, 0.717) is 12.8 Å². The van der Waals surface area contributed by atoms with Gasteiger partial charge in [0.05, 0.1) is 5.92 Å². The molecule has 0 aliphatic rings. The standard InChI is InChI=1S/C12H15FO2/c1-3-9(4-2)12(14)15-11-8-6-5-7-10(11)13/h5-9H,3-4H2,1-2H3. The molecule has 0 aromatic heterocycles. The van der Waals surface area contributed by atoms with Gasteiger partial charge in [0, 0.05) is 0 Å². The van der Waals surface area contributed by atoms with Crippen molar-refractivity contribution in [1.29, 1.82) is 0 Å². The maximum absolute atomic E-state index is 13.1. The molecule has 0 saturated heterocycles. The maximum Gasteiger partial charge on any atom is 0.314 e. The Morgan fingerprint density at radius 1 is 1.33 bits per heavy atom. The van der Waals surface area contributed by atoms with Gasteiger partial charge in [-0.25, -0.2) is 4.39 Å². The third-order valence-electron chi connectivity index (χ3n) is 2.37. The fourth-order valence-electron chi connectivity index (χ4n) is 1.34. The van der Waals surface area contributed by atoms with E-state index in [0.717, 1.165) is 0 Å². The van der Waals surface area contributed by atoms with Gasteiger partial charge in [-0.15, -0.1) is 0 Å². The second-order valence-corrected chi connectivity index (χ2v) is 3.36. The molecule has 0 atom stereocenters. The second-order valence-electron chi connectivity index (χ2n) is 3.36. The molecule has 0 saturated carbocycles. The topological polar surface area (TPSA) is 26.3 Å². The summed E-state index contributed by atoms with van der Waals surface area (Å²) in [5, 5.41) is 0. The number of halogens is 1. The van der Waals surface area contributed by atoms with Crippen LogP contribution in [0.4, 0.5) is 4.39 Å². The highest BCUT2D eigenvalue weighted by atomic mass is 19.1. The summed E-state index contributed by atoms with van der Waals surface area (Å²) in [4.78, 5) is 11.5. The van der Waals surface area contributed by atoms with Gasteiger partial charge in [-0.05, 0) is 25.0 Å². The summed E-state index contributed by atoms with van der Waals surface area (Å²) in [6.45, 7) is 3.83. The maximum atomic E-state index is 13.1. The van der Waals surface area contributed by atoms with Crippen LogP contribution in [0.1, 0.15) is 26.7 Å². The van der Waals surface area contributed by atoms with E-state index in [1.165, 1.54) is 12.1 Å². The molecule has 82 valence electrons. The van der Waals surface area contributed by atoms with E-state index in [1.807, 2.05) is 13.8 Å². The van der Waals surface area contributed by atoms with Crippen LogP contribution in [0.5, 0.6) is 5.75 Å². The summed E-state index contributed by atoms with van der Waals surface area (Å²) >= 11 is 0. The zero-order valence-electron chi connectivity index (χ0n) is 9.00. The number of carbonyl (C=O) groups excluding carboxylic acids is 1. The summed E-state index contributed by atoms with van der Waals surface area (Å²) in [5.74, 6) is -0.999. The summed E-state index contributed by atoms with van der Waals surface area (Å²) in [6.07, 6.45) is 1.42. The lowest BCUT2D eigenvalue weighted by Gasteiger charge is -2.11. The van der Waals surface area contributed by atoms with E-state index < -0.39 is 5.82 Å². The fraction of sp³-hybridized carbons (Fsp3) is 0.417. The third-order valence-corrected chi connectivity index (χ3v) is 2.37. The Morgan fingerprint density at radius 3 is 2.47 bits per heavy atom. The van der Waals surface area contributed by atoms with E-state index in [9.17, 15) is 9.18 Å². The van der Waals surface area contributed by atoms with Crippen molar-refractivity contribution in [2.75, 3.05) is 0 Å². The van der Waals surface area contributed by atoms with Crippen molar-refractivity contribution in [3.63, 3.8) is 0 Å². The average molecular weight is 210 g/mol. The Hall–Kier alpha value is -1.38. The molecular weight excluding hydrogens is 195 g/mol. The van der Waals surface area contributed by atoms with Crippen LogP contribution in [-0.4, -0.2) is 5.97 Å². The van der Waals surface area contributed by atoms with E-state index >= 15 is 0 Å². The molecular formula is C12H15FO2. The Bertz CT molecular complexity index is 332. The fourth-order valence-corrected chi connectivity index (χ4v) is 1.34. The third kappa shape index (κ3) is 3.05. The van der Waals surface area contributed by atoms with Crippen molar-refractivity contribution in [3.8, 4) is 5.75 Å². The Morgan fingerprint density at radius 2 is 1.93 bits per heavy atom. The van der Waals surface area contributed by atoms with Gasteiger partial charge in [-0.3, -0.25) is 4.79 Å². The van der Waals surface area contributed by atoms with Crippen molar-refractivity contribution in [2.45, 2.75) is 26.7 Å². The lowest BCUT2D eigenvalue weighted by Crippen LogP contribution is -2.19. The molecule has 0 aliphatic carbocycles. The number of hydrogen-bond acceptors (Lipinski definition) is 2. The number of rotatable bonds is 4. The van der Waals surface area contributed by atoms with Gasteiger partial charge < -0.3 is 4.74 Å². The molecule has 0 heterocycles. The minimum atomic E-state index is -0.503. The minimum Gasteiger partial charge on any atom is -0.423 e. The van der Waals surface area contributed by atoms with Crippen molar-refractivity contribution in [3.05, 3.63) is 30.1 Å². The van der Waals surface area contributed by atoms with Gasteiger partial charge in [0.15, 0.2) is 11.6 Å². The highest BCUT2D eigenvalue weighted by Crippen LogP contribution is 2.18. The smallest absolute Gasteiger partial charge is 0.314 e. The first-order valence-electron chi connectivity index (χ1n) is 5.15. The molecule has 0 fully saturated rings. The van der Waals surface area contributed by atoms with Crippen molar-refractivity contribution in [2.24, 2.45) is 5.92 Å². The number of benzene rings is 1. The van der Waals surface area contributed by atoms with Crippen molar-refractivity contribution in [1.82, 2.24) is 0 Å². The minimum absolute atomic E-state index is 0.00870. The predicted octanol–water partition coefficient (Wildman–Crippen LogP) is 3.17. The molecule has 3 heteroatoms. The van der Waals surface area contributed by atoms with Crippen LogP contribution in [0.25, 0.3) is 0 Å². The van der Waals surface area contributed by atoms with Crippen LogP contribution in [0.3, 0.4) is 0 Å². The van der Waals surface area contributed by atoms with E-state index in [-0.39, 0.29) is 17.6 Å². The molecule has 0 N–H and O–H groups in total. The molecule has 15 heavy (non-hydrogen) atoms. The monoisotopic (exact) mass is 210 g/mol. The zero-order valence-corrected chi connectivity index (χ0v) is 9.00. The predicted molar refractivity (Wildman–Crippen MR) is 56.1 cm³/mol. The van der Waals surface area contributed by atoms with Crippen LogP contribution in [0, 0.1) is 11.7 Å². The largest absolute Gasteiger partial charge is 0.423 e. The summed E-state index contributed by atoms with van der Waals surface area (Å²) in [5.41, 5.74) is 0. The Labute approximate surface area is 89.1 Å². The van der Waals surface area contributed by atoms with Gasteiger partial charge in [-0.1, -0.05) is 26.0 Å². The molecule has 0 bridgehead atoms. The highest BCUT2D eigenvalue weighted by molar-refractivity contribution is 5.75. The van der Waals surface area contributed by atoms with Gasteiger partial charge in [-0.2, -0.15) is 0 Å². The molecule has 1 rings (SSSR count). The normalized spacial score (nSPS) is 10.4. The van der Waals surface area contributed by atoms with Gasteiger partial charge in [0.1, 0.15) is 0 Å². The first-order chi connectivity index (χ1) is 7.19. The van der Waals surface area contributed by atoms with E-state index in [2.05, 4.69) is 0 Å². The van der Waals surface area contributed by atoms with Crippen LogP contribution in [0.15, 0.2) is 24.3 Å². The Balaban J connectivity index is 2.70. The number of carbonyl (C=O) groups is 1. The molecule has 1 aromatic rings. The number of hydrogen-bond donors (Lipinski definition) is 0. The quantitative estimate of drug-likeness (QED) is 0.563. The lowest BCUT2D eigenvalue weighted by molar-refractivity contribution is -0.139. The summed E-state index contributed by atoms with van der Waals surface area (Å²) < 4.78 is 18.1. The lowest BCUT2D eigenvalue weighted by atomic mass is 10.0. The van der Waals surface area contributed by atoms with Crippen LogP contribution >= 0.6 is 0 Å². The number of para-hydroxylation sites is 1. The van der Waals surface area contributed by atoms with Gasteiger partial charge in [0.25, 0.3) is 0 Å². The molecule has 0 amide bonds. The van der Waals surface area contributed by atoms with Crippen LogP contribution < -0.4 is 4.74 Å².